The number of ether oxygens (including phenoxy) is 1. The number of hydrogen-bond acceptors (Lipinski definition) is 7. The summed E-state index contributed by atoms with van der Waals surface area (Å²) in [6, 6.07) is 16.3. The molecule has 0 saturated carbocycles. The monoisotopic (exact) mass is 428 g/mol. The molecular weight excluding hydrogens is 408 g/mol. The Bertz CT molecular complexity index is 1380. The standard InChI is InChI=1S/C22H20N8O2/c1-3-16-13-29(30-21(16)23-22(26-30)32-14(2)31)12-15-8-10-17(11-9-15)18-6-4-5-7-19(18)20-24-27-28-25-20/h4-11,13H,3,12H2,1-2H3,(H,24,25,27,28). The number of aryl methyl sites for hydroxylation is 1. The Morgan fingerprint density at radius 2 is 1.88 bits per heavy atom. The number of nitrogens with zero attached hydrogens (tertiary/aromatic N) is 7. The molecule has 10 nitrogen and oxygen atoms in total. The summed E-state index contributed by atoms with van der Waals surface area (Å²) in [5.41, 5.74) is 5.80. The maximum Gasteiger partial charge on any atom is 0.345 e. The van der Waals surface area contributed by atoms with Crippen LogP contribution in [0.3, 0.4) is 0 Å². The highest BCUT2D eigenvalue weighted by atomic mass is 16.5. The first-order chi connectivity index (χ1) is 15.6. The second kappa shape index (κ2) is 8.06. The second-order valence-electron chi connectivity index (χ2n) is 7.28. The van der Waals surface area contributed by atoms with Gasteiger partial charge in [0.25, 0.3) is 0 Å². The fraction of sp³-hybridized carbons (Fsp3) is 0.182. The summed E-state index contributed by atoms with van der Waals surface area (Å²) in [4.78, 5) is 15.6. The largest absolute Gasteiger partial charge is 0.390 e. The van der Waals surface area contributed by atoms with Crippen molar-refractivity contribution in [3.05, 3.63) is 65.9 Å². The minimum atomic E-state index is -0.445. The molecule has 3 aromatic heterocycles. The number of carbonyl (C=O) groups excluding carboxylic acids is 1. The fourth-order valence-corrected chi connectivity index (χ4v) is 3.67. The van der Waals surface area contributed by atoms with Crippen LogP contribution in [0.25, 0.3) is 28.2 Å². The summed E-state index contributed by atoms with van der Waals surface area (Å²) < 4.78 is 8.69. The molecule has 3 heterocycles. The Hall–Kier alpha value is -4.34. The van der Waals surface area contributed by atoms with Crippen molar-refractivity contribution in [2.45, 2.75) is 26.8 Å². The zero-order chi connectivity index (χ0) is 22.1. The van der Waals surface area contributed by atoms with Gasteiger partial charge in [0.05, 0.1) is 6.54 Å². The lowest BCUT2D eigenvalue weighted by molar-refractivity contribution is -0.132. The topological polar surface area (TPSA) is 116 Å². The van der Waals surface area contributed by atoms with Gasteiger partial charge in [-0.15, -0.1) is 14.8 Å². The molecule has 32 heavy (non-hydrogen) atoms. The zero-order valence-electron chi connectivity index (χ0n) is 17.6. The number of H-pyrrole nitrogens is 1. The van der Waals surface area contributed by atoms with Crippen LogP contribution >= 0.6 is 0 Å². The number of fused-ring (bicyclic) bond motifs is 1. The first-order valence-electron chi connectivity index (χ1n) is 10.2. The number of hydrogen-bond donors (Lipinski definition) is 1. The van der Waals surface area contributed by atoms with Crippen molar-refractivity contribution in [3.63, 3.8) is 0 Å². The summed E-state index contributed by atoms with van der Waals surface area (Å²) in [6.07, 6.45) is 2.81. The maximum atomic E-state index is 11.3. The first kappa shape index (κ1) is 19.6. The third kappa shape index (κ3) is 3.62. The number of tetrazole rings is 1. The third-order valence-electron chi connectivity index (χ3n) is 5.15. The van der Waals surface area contributed by atoms with E-state index in [2.05, 4.69) is 61.9 Å². The molecule has 0 bridgehead atoms. The second-order valence-corrected chi connectivity index (χ2v) is 7.28. The molecule has 0 aliphatic rings. The van der Waals surface area contributed by atoms with Gasteiger partial charge in [-0.2, -0.15) is 10.2 Å². The number of benzene rings is 2. The summed E-state index contributed by atoms with van der Waals surface area (Å²) >= 11 is 0. The Kier molecular flexibility index (Phi) is 4.94. The number of aromatic amines is 1. The van der Waals surface area contributed by atoms with Gasteiger partial charge in [0.15, 0.2) is 5.65 Å². The molecule has 0 radical (unpaired) electrons. The summed E-state index contributed by atoms with van der Waals surface area (Å²) in [6.45, 7) is 3.97. The molecule has 0 saturated heterocycles. The lowest BCUT2D eigenvalue weighted by Gasteiger charge is -2.09. The van der Waals surface area contributed by atoms with E-state index in [1.54, 1.807) is 4.63 Å². The van der Waals surface area contributed by atoms with Gasteiger partial charge in [0.2, 0.25) is 5.82 Å². The highest BCUT2D eigenvalue weighted by molar-refractivity contribution is 5.80. The molecule has 160 valence electrons. The SMILES string of the molecule is CCc1cn(Cc2ccc(-c3ccccc3-c3nn[nH]n3)cc2)n2nc(OC(C)=O)nc12. The molecule has 5 aromatic rings. The Labute approximate surface area is 182 Å². The van der Waals surface area contributed by atoms with Crippen molar-refractivity contribution in [1.82, 2.24) is 40.0 Å². The van der Waals surface area contributed by atoms with Crippen LogP contribution in [0.1, 0.15) is 25.0 Å². The van der Waals surface area contributed by atoms with Gasteiger partial charge in [-0.3, -0.25) is 9.48 Å². The van der Waals surface area contributed by atoms with Gasteiger partial charge in [0.1, 0.15) is 0 Å². The van der Waals surface area contributed by atoms with E-state index < -0.39 is 5.97 Å². The van der Waals surface area contributed by atoms with Crippen LogP contribution in [0.15, 0.2) is 54.7 Å². The van der Waals surface area contributed by atoms with Crippen molar-refractivity contribution in [2.75, 3.05) is 0 Å². The molecule has 0 amide bonds. The highest BCUT2D eigenvalue weighted by Gasteiger charge is 2.15. The van der Waals surface area contributed by atoms with E-state index in [0.717, 1.165) is 34.2 Å². The Balaban J connectivity index is 1.44. The van der Waals surface area contributed by atoms with Crippen molar-refractivity contribution in [2.24, 2.45) is 0 Å². The molecule has 0 unspecified atom stereocenters. The molecule has 0 aliphatic heterocycles. The summed E-state index contributed by atoms with van der Waals surface area (Å²) in [5.74, 6) is 0.112. The van der Waals surface area contributed by atoms with Gasteiger partial charge in [-0.25, -0.2) is 0 Å². The number of rotatable bonds is 6. The van der Waals surface area contributed by atoms with Crippen molar-refractivity contribution < 1.29 is 9.53 Å². The molecule has 0 atom stereocenters. The smallest absolute Gasteiger partial charge is 0.345 e. The van der Waals surface area contributed by atoms with E-state index in [4.69, 9.17) is 4.74 Å². The fourth-order valence-electron chi connectivity index (χ4n) is 3.67. The third-order valence-corrected chi connectivity index (χ3v) is 5.15. The number of aromatic nitrogens is 8. The van der Waals surface area contributed by atoms with Gasteiger partial charge in [-0.05, 0) is 28.3 Å². The van der Waals surface area contributed by atoms with Crippen molar-refractivity contribution >= 4 is 11.6 Å². The van der Waals surface area contributed by atoms with Gasteiger partial charge in [-0.1, -0.05) is 60.6 Å². The minimum absolute atomic E-state index is 0.0602. The van der Waals surface area contributed by atoms with Gasteiger partial charge in [0, 0.05) is 24.2 Å². The highest BCUT2D eigenvalue weighted by Crippen LogP contribution is 2.30. The number of esters is 1. The van der Waals surface area contributed by atoms with E-state index in [1.807, 2.05) is 35.1 Å². The van der Waals surface area contributed by atoms with E-state index in [0.29, 0.717) is 18.0 Å². The molecule has 0 fully saturated rings. The normalized spacial score (nSPS) is 11.2. The van der Waals surface area contributed by atoms with Crippen molar-refractivity contribution in [1.29, 1.82) is 0 Å². The van der Waals surface area contributed by atoms with E-state index in [-0.39, 0.29) is 6.01 Å². The maximum absolute atomic E-state index is 11.3. The quantitative estimate of drug-likeness (QED) is 0.413. The lowest BCUT2D eigenvalue weighted by atomic mass is 9.98. The summed E-state index contributed by atoms with van der Waals surface area (Å²) in [7, 11) is 0. The molecule has 10 heteroatoms. The van der Waals surface area contributed by atoms with Crippen LogP contribution in [-0.2, 0) is 17.8 Å². The lowest BCUT2D eigenvalue weighted by Crippen LogP contribution is -2.08. The molecule has 0 aliphatic carbocycles. The predicted molar refractivity (Wildman–Crippen MR) is 116 cm³/mol. The molecule has 0 spiro atoms. The van der Waals surface area contributed by atoms with E-state index in [1.165, 1.54) is 6.92 Å². The number of nitrogens with one attached hydrogen (secondary N) is 1. The van der Waals surface area contributed by atoms with E-state index >= 15 is 0 Å². The Morgan fingerprint density at radius 3 is 2.56 bits per heavy atom. The number of carbonyl (C=O) groups is 1. The van der Waals surface area contributed by atoms with Crippen LogP contribution in [0.4, 0.5) is 0 Å². The summed E-state index contributed by atoms with van der Waals surface area (Å²) in [5, 5.41) is 18.7. The average Bonchev–Trinajstić information content (AvgIpc) is 3.52. The van der Waals surface area contributed by atoms with E-state index in [9.17, 15) is 4.79 Å². The first-order valence-corrected chi connectivity index (χ1v) is 10.2. The van der Waals surface area contributed by atoms with Gasteiger partial charge >= 0.3 is 12.0 Å². The Morgan fingerprint density at radius 1 is 1.09 bits per heavy atom. The van der Waals surface area contributed by atoms with Crippen LogP contribution in [0.5, 0.6) is 6.01 Å². The zero-order valence-corrected chi connectivity index (χ0v) is 17.6. The molecule has 1 N–H and O–H groups in total. The predicted octanol–water partition coefficient (Wildman–Crippen LogP) is 2.91. The van der Waals surface area contributed by atoms with Crippen LogP contribution in [-0.4, -0.2) is 46.0 Å². The van der Waals surface area contributed by atoms with Crippen LogP contribution < -0.4 is 4.74 Å². The molecule has 5 rings (SSSR count). The van der Waals surface area contributed by atoms with Gasteiger partial charge < -0.3 is 4.74 Å². The van der Waals surface area contributed by atoms with Crippen LogP contribution in [0, 0.1) is 0 Å². The van der Waals surface area contributed by atoms with Crippen molar-refractivity contribution in [3.8, 4) is 28.5 Å². The molecular formula is C22H20N8O2. The molecule has 2 aromatic carbocycles. The van der Waals surface area contributed by atoms with Crippen LogP contribution in [0.2, 0.25) is 0 Å². The minimum Gasteiger partial charge on any atom is -0.390 e. The average molecular weight is 428 g/mol.